The van der Waals surface area contributed by atoms with Crippen molar-refractivity contribution in [2.45, 2.75) is 57.8 Å². The first-order valence-corrected chi connectivity index (χ1v) is 6.84. The van der Waals surface area contributed by atoms with E-state index in [0.717, 1.165) is 44.9 Å². The van der Waals surface area contributed by atoms with Crippen molar-refractivity contribution >= 4 is 11.9 Å². The molecule has 106 valence electrons. The summed E-state index contributed by atoms with van der Waals surface area (Å²) in [5.41, 5.74) is 10.7. The third kappa shape index (κ3) is 11.5. The van der Waals surface area contributed by atoms with Crippen LogP contribution in [0, 0.1) is 0 Å². The van der Waals surface area contributed by atoms with Crippen LogP contribution in [0.4, 0.5) is 0 Å². The highest BCUT2D eigenvalue weighted by atomic mass is 16.6. The standard InChI is InChI=1S/C13H26N2O3/c14-10-6-2-1-4-8-12(16)18-13(17)9-5-3-7-11-15/h1-11,14-15H2. The lowest BCUT2D eigenvalue weighted by Gasteiger charge is -2.03. The van der Waals surface area contributed by atoms with Crippen LogP contribution in [0.3, 0.4) is 0 Å². The van der Waals surface area contributed by atoms with Gasteiger partial charge in [0.25, 0.3) is 0 Å². The summed E-state index contributed by atoms with van der Waals surface area (Å²) in [4.78, 5) is 22.5. The minimum Gasteiger partial charge on any atom is -0.393 e. The highest BCUT2D eigenvalue weighted by Crippen LogP contribution is 2.05. The Hall–Kier alpha value is -0.940. The molecule has 0 rings (SSSR count). The average molecular weight is 258 g/mol. The summed E-state index contributed by atoms with van der Waals surface area (Å²) in [5, 5.41) is 0. The van der Waals surface area contributed by atoms with Crippen molar-refractivity contribution in [1.29, 1.82) is 0 Å². The molecule has 0 aliphatic heterocycles. The molecule has 0 saturated heterocycles. The van der Waals surface area contributed by atoms with Gasteiger partial charge < -0.3 is 16.2 Å². The van der Waals surface area contributed by atoms with Crippen LogP contribution in [0.25, 0.3) is 0 Å². The van der Waals surface area contributed by atoms with Crippen molar-refractivity contribution in [2.75, 3.05) is 13.1 Å². The van der Waals surface area contributed by atoms with E-state index in [1.807, 2.05) is 0 Å². The lowest BCUT2D eigenvalue weighted by Crippen LogP contribution is -2.12. The van der Waals surface area contributed by atoms with E-state index in [2.05, 4.69) is 0 Å². The maximum atomic E-state index is 11.3. The summed E-state index contributed by atoms with van der Waals surface area (Å²) >= 11 is 0. The number of hydrogen-bond donors (Lipinski definition) is 2. The SMILES string of the molecule is NCCCCCCC(=O)OC(=O)CCCCCN. The zero-order valence-electron chi connectivity index (χ0n) is 11.2. The summed E-state index contributed by atoms with van der Waals surface area (Å²) in [6, 6.07) is 0. The minimum atomic E-state index is -0.418. The fraction of sp³-hybridized carbons (Fsp3) is 0.846. The molecule has 0 fully saturated rings. The Labute approximate surface area is 109 Å². The van der Waals surface area contributed by atoms with Gasteiger partial charge in [-0.15, -0.1) is 0 Å². The second kappa shape index (κ2) is 12.5. The molecule has 0 aliphatic carbocycles. The summed E-state index contributed by atoms with van der Waals surface area (Å²) in [6.45, 7) is 1.32. The molecule has 0 aromatic rings. The Morgan fingerprint density at radius 2 is 1.06 bits per heavy atom. The van der Waals surface area contributed by atoms with Crippen LogP contribution in [0.15, 0.2) is 0 Å². The van der Waals surface area contributed by atoms with Crippen LogP contribution in [-0.4, -0.2) is 25.0 Å². The Morgan fingerprint density at radius 1 is 0.667 bits per heavy atom. The molecule has 0 amide bonds. The van der Waals surface area contributed by atoms with Gasteiger partial charge in [-0.25, -0.2) is 0 Å². The highest BCUT2D eigenvalue weighted by Gasteiger charge is 2.09. The van der Waals surface area contributed by atoms with Gasteiger partial charge >= 0.3 is 11.9 Å². The van der Waals surface area contributed by atoms with Crippen molar-refractivity contribution in [3.63, 3.8) is 0 Å². The van der Waals surface area contributed by atoms with Crippen LogP contribution >= 0.6 is 0 Å². The number of ether oxygens (including phenoxy) is 1. The van der Waals surface area contributed by atoms with Crippen molar-refractivity contribution in [2.24, 2.45) is 11.5 Å². The number of nitrogens with two attached hydrogens (primary N) is 2. The second-order valence-corrected chi connectivity index (χ2v) is 4.40. The van der Waals surface area contributed by atoms with E-state index in [4.69, 9.17) is 16.2 Å². The third-order valence-electron chi connectivity index (χ3n) is 2.65. The Bertz CT molecular complexity index is 232. The predicted octanol–water partition coefficient (Wildman–Crippen LogP) is 1.48. The van der Waals surface area contributed by atoms with Gasteiger partial charge in [0.2, 0.25) is 0 Å². The van der Waals surface area contributed by atoms with Gasteiger partial charge in [0.15, 0.2) is 0 Å². The maximum absolute atomic E-state index is 11.3. The Kier molecular flexibility index (Phi) is 11.9. The molecule has 0 spiro atoms. The van der Waals surface area contributed by atoms with Crippen molar-refractivity contribution in [3.8, 4) is 0 Å². The molecule has 0 bridgehead atoms. The fourth-order valence-electron chi connectivity index (χ4n) is 1.59. The van der Waals surface area contributed by atoms with E-state index in [0.29, 0.717) is 25.9 Å². The first-order chi connectivity index (χ1) is 8.70. The van der Waals surface area contributed by atoms with Gasteiger partial charge in [-0.1, -0.05) is 19.3 Å². The molecule has 0 saturated carbocycles. The van der Waals surface area contributed by atoms with Gasteiger partial charge in [0.05, 0.1) is 0 Å². The summed E-state index contributed by atoms with van der Waals surface area (Å²) in [7, 11) is 0. The van der Waals surface area contributed by atoms with Crippen LogP contribution in [0.1, 0.15) is 57.8 Å². The molecule has 5 heteroatoms. The normalized spacial score (nSPS) is 10.3. The molecule has 0 unspecified atom stereocenters. The zero-order chi connectivity index (χ0) is 13.6. The first kappa shape index (κ1) is 17.1. The largest absolute Gasteiger partial charge is 0.393 e. The maximum Gasteiger partial charge on any atom is 0.313 e. The number of esters is 2. The lowest BCUT2D eigenvalue weighted by molar-refractivity contribution is -0.159. The van der Waals surface area contributed by atoms with Crippen LogP contribution in [-0.2, 0) is 14.3 Å². The summed E-state index contributed by atoms with van der Waals surface area (Å²) in [5.74, 6) is -0.828. The lowest BCUT2D eigenvalue weighted by atomic mass is 10.1. The quantitative estimate of drug-likeness (QED) is 0.332. The predicted molar refractivity (Wildman–Crippen MR) is 70.8 cm³/mol. The van der Waals surface area contributed by atoms with Crippen molar-refractivity contribution < 1.29 is 14.3 Å². The molecule has 0 atom stereocenters. The van der Waals surface area contributed by atoms with Crippen LogP contribution in [0.5, 0.6) is 0 Å². The monoisotopic (exact) mass is 258 g/mol. The van der Waals surface area contributed by atoms with Gasteiger partial charge in [-0.2, -0.15) is 0 Å². The second-order valence-electron chi connectivity index (χ2n) is 4.40. The zero-order valence-corrected chi connectivity index (χ0v) is 11.2. The first-order valence-electron chi connectivity index (χ1n) is 6.84. The number of carbonyl (C=O) groups is 2. The molecule has 5 nitrogen and oxygen atoms in total. The van der Waals surface area contributed by atoms with E-state index < -0.39 is 11.9 Å². The molecule has 0 aromatic heterocycles. The summed E-state index contributed by atoms with van der Waals surface area (Å²) < 4.78 is 4.70. The van der Waals surface area contributed by atoms with Gasteiger partial charge in [-0.05, 0) is 38.8 Å². The Balaban J connectivity index is 3.41. The van der Waals surface area contributed by atoms with Gasteiger partial charge in [0.1, 0.15) is 0 Å². The van der Waals surface area contributed by atoms with E-state index in [-0.39, 0.29) is 0 Å². The highest BCUT2D eigenvalue weighted by molar-refractivity contribution is 5.85. The number of hydrogen-bond acceptors (Lipinski definition) is 5. The molecule has 0 heterocycles. The van der Waals surface area contributed by atoms with Gasteiger partial charge in [0, 0.05) is 12.8 Å². The number of carbonyl (C=O) groups excluding carboxylic acids is 2. The van der Waals surface area contributed by atoms with E-state index in [1.165, 1.54) is 0 Å². The molecule has 4 N–H and O–H groups in total. The van der Waals surface area contributed by atoms with Crippen LogP contribution < -0.4 is 11.5 Å². The third-order valence-corrected chi connectivity index (χ3v) is 2.65. The molecular formula is C13H26N2O3. The fourth-order valence-corrected chi connectivity index (χ4v) is 1.59. The average Bonchev–Trinajstić information content (AvgIpc) is 2.34. The molecule has 0 aromatic carbocycles. The van der Waals surface area contributed by atoms with Crippen molar-refractivity contribution in [3.05, 3.63) is 0 Å². The van der Waals surface area contributed by atoms with E-state index >= 15 is 0 Å². The van der Waals surface area contributed by atoms with E-state index in [1.54, 1.807) is 0 Å². The molecule has 0 radical (unpaired) electrons. The Morgan fingerprint density at radius 3 is 1.50 bits per heavy atom. The van der Waals surface area contributed by atoms with Gasteiger partial charge in [-0.3, -0.25) is 9.59 Å². The van der Waals surface area contributed by atoms with E-state index in [9.17, 15) is 9.59 Å². The van der Waals surface area contributed by atoms with Crippen LogP contribution in [0.2, 0.25) is 0 Å². The molecule has 18 heavy (non-hydrogen) atoms. The number of unbranched alkanes of at least 4 members (excludes halogenated alkanes) is 5. The topological polar surface area (TPSA) is 95.4 Å². The minimum absolute atomic E-state index is 0.304. The number of rotatable bonds is 11. The summed E-state index contributed by atoms with van der Waals surface area (Å²) in [6.07, 6.45) is 6.89. The van der Waals surface area contributed by atoms with Crippen molar-refractivity contribution in [1.82, 2.24) is 0 Å². The smallest absolute Gasteiger partial charge is 0.313 e. The molecular weight excluding hydrogens is 232 g/mol. The molecule has 0 aliphatic rings.